The molecule has 2 heteroatoms. The van der Waals surface area contributed by atoms with Crippen molar-refractivity contribution in [2.24, 2.45) is 0 Å². The Balaban J connectivity index is 2.47. The van der Waals surface area contributed by atoms with Gasteiger partial charge in [-0.3, -0.25) is 0 Å². The van der Waals surface area contributed by atoms with Crippen LogP contribution in [0.2, 0.25) is 0 Å². The molecule has 0 aliphatic carbocycles. The van der Waals surface area contributed by atoms with E-state index in [1.807, 2.05) is 13.8 Å². The second kappa shape index (κ2) is 5.46. The van der Waals surface area contributed by atoms with Gasteiger partial charge in [0.25, 0.3) is 0 Å². The molecule has 0 aromatic heterocycles. The minimum Gasteiger partial charge on any atom is -0.390 e. The first-order valence-corrected chi connectivity index (χ1v) is 5.91. The molecule has 0 aliphatic heterocycles. The van der Waals surface area contributed by atoms with Crippen LogP contribution >= 0.6 is 0 Å². The summed E-state index contributed by atoms with van der Waals surface area (Å²) in [5.74, 6) is 0. The quantitative estimate of drug-likeness (QED) is 0.801. The molecule has 0 saturated carbocycles. The summed E-state index contributed by atoms with van der Waals surface area (Å²) in [6.45, 7) is 8.80. The molecule has 1 unspecified atom stereocenters. The summed E-state index contributed by atoms with van der Waals surface area (Å²) in [4.78, 5) is 0. The minimum absolute atomic E-state index is 0.337. The zero-order valence-electron chi connectivity index (χ0n) is 10.7. The van der Waals surface area contributed by atoms with Gasteiger partial charge in [0.15, 0.2) is 0 Å². The molecule has 0 fully saturated rings. The second-order valence-electron chi connectivity index (χ2n) is 5.09. The summed E-state index contributed by atoms with van der Waals surface area (Å²) < 4.78 is 0. The second-order valence-corrected chi connectivity index (χ2v) is 5.09. The van der Waals surface area contributed by atoms with Gasteiger partial charge in [-0.05, 0) is 51.8 Å². The Morgan fingerprint density at radius 2 is 1.94 bits per heavy atom. The van der Waals surface area contributed by atoms with Gasteiger partial charge in [0.05, 0.1) is 5.60 Å². The molecule has 0 heterocycles. The fourth-order valence-electron chi connectivity index (χ4n) is 1.78. The van der Waals surface area contributed by atoms with Gasteiger partial charge < -0.3 is 10.4 Å². The van der Waals surface area contributed by atoms with Gasteiger partial charge in [-0.15, -0.1) is 0 Å². The monoisotopic (exact) mass is 221 g/mol. The van der Waals surface area contributed by atoms with E-state index in [9.17, 15) is 5.11 Å². The molecule has 16 heavy (non-hydrogen) atoms. The highest BCUT2D eigenvalue weighted by molar-refractivity contribution is 5.28. The Labute approximate surface area is 98.7 Å². The lowest BCUT2D eigenvalue weighted by Gasteiger charge is -2.21. The van der Waals surface area contributed by atoms with Crippen molar-refractivity contribution in [1.82, 2.24) is 5.32 Å². The SMILES string of the molecule is Cc1ccccc1C(C)NCCC(C)(C)O. The zero-order chi connectivity index (χ0) is 12.2. The molecule has 2 N–H and O–H groups in total. The largest absolute Gasteiger partial charge is 0.390 e. The Hall–Kier alpha value is -0.860. The summed E-state index contributed by atoms with van der Waals surface area (Å²) in [5, 5.41) is 13.1. The summed E-state index contributed by atoms with van der Waals surface area (Å²) in [6.07, 6.45) is 0.767. The highest BCUT2D eigenvalue weighted by Crippen LogP contribution is 2.17. The van der Waals surface area contributed by atoms with Crippen LogP contribution in [0.3, 0.4) is 0 Å². The average molecular weight is 221 g/mol. The first kappa shape index (κ1) is 13.2. The molecule has 0 saturated heterocycles. The zero-order valence-corrected chi connectivity index (χ0v) is 10.7. The van der Waals surface area contributed by atoms with E-state index in [0.717, 1.165) is 13.0 Å². The molecule has 1 atom stereocenters. The number of aliphatic hydroxyl groups is 1. The third-order valence-corrected chi connectivity index (χ3v) is 2.84. The normalized spacial score (nSPS) is 13.8. The van der Waals surface area contributed by atoms with Crippen LogP contribution in [0.5, 0.6) is 0 Å². The lowest BCUT2D eigenvalue weighted by molar-refractivity contribution is 0.0705. The summed E-state index contributed by atoms with van der Waals surface area (Å²) in [6, 6.07) is 8.74. The predicted octanol–water partition coefficient (Wildman–Crippen LogP) is 2.81. The smallest absolute Gasteiger partial charge is 0.0603 e. The molecule has 1 aromatic carbocycles. The van der Waals surface area contributed by atoms with Crippen molar-refractivity contribution in [3.8, 4) is 0 Å². The number of hydrogen-bond donors (Lipinski definition) is 2. The Morgan fingerprint density at radius 1 is 1.31 bits per heavy atom. The summed E-state index contributed by atoms with van der Waals surface area (Å²) in [7, 11) is 0. The van der Waals surface area contributed by atoms with E-state index in [4.69, 9.17) is 0 Å². The van der Waals surface area contributed by atoms with Gasteiger partial charge >= 0.3 is 0 Å². The van der Waals surface area contributed by atoms with E-state index in [0.29, 0.717) is 6.04 Å². The number of hydrogen-bond acceptors (Lipinski definition) is 2. The van der Waals surface area contributed by atoms with Crippen molar-refractivity contribution in [2.75, 3.05) is 6.54 Å². The molecule has 90 valence electrons. The molecular weight excluding hydrogens is 198 g/mol. The number of aryl methyl sites for hydroxylation is 1. The van der Waals surface area contributed by atoms with Gasteiger partial charge in [-0.25, -0.2) is 0 Å². The van der Waals surface area contributed by atoms with Crippen molar-refractivity contribution >= 4 is 0 Å². The average Bonchev–Trinajstić information content (AvgIpc) is 2.16. The van der Waals surface area contributed by atoms with Crippen LogP contribution in [0.1, 0.15) is 44.4 Å². The molecule has 1 rings (SSSR count). The summed E-state index contributed by atoms with van der Waals surface area (Å²) >= 11 is 0. The Bertz CT molecular complexity index is 328. The fraction of sp³-hybridized carbons (Fsp3) is 0.571. The maximum absolute atomic E-state index is 9.62. The third kappa shape index (κ3) is 4.33. The minimum atomic E-state index is -0.585. The Kier molecular flexibility index (Phi) is 4.51. The van der Waals surface area contributed by atoms with E-state index in [1.54, 1.807) is 0 Å². The van der Waals surface area contributed by atoms with Crippen LogP contribution in [-0.4, -0.2) is 17.3 Å². The molecule has 2 nitrogen and oxygen atoms in total. The summed E-state index contributed by atoms with van der Waals surface area (Å²) in [5.41, 5.74) is 2.06. The van der Waals surface area contributed by atoms with Gasteiger partial charge in [-0.2, -0.15) is 0 Å². The van der Waals surface area contributed by atoms with Crippen LogP contribution in [-0.2, 0) is 0 Å². The maximum atomic E-state index is 9.62. The first-order valence-electron chi connectivity index (χ1n) is 5.91. The van der Waals surface area contributed by atoms with Crippen LogP contribution in [0.4, 0.5) is 0 Å². The maximum Gasteiger partial charge on any atom is 0.0603 e. The fourth-order valence-corrected chi connectivity index (χ4v) is 1.78. The van der Waals surface area contributed by atoms with Crippen LogP contribution in [0.15, 0.2) is 24.3 Å². The number of benzene rings is 1. The molecule has 0 bridgehead atoms. The highest BCUT2D eigenvalue weighted by atomic mass is 16.3. The number of nitrogens with one attached hydrogen (secondary N) is 1. The molecule has 0 spiro atoms. The first-order chi connectivity index (χ1) is 7.40. The molecular formula is C14H23NO. The van der Waals surface area contributed by atoms with E-state index in [1.165, 1.54) is 11.1 Å². The highest BCUT2D eigenvalue weighted by Gasteiger charge is 2.13. The third-order valence-electron chi connectivity index (χ3n) is 2.84. The van der Waals surface area contributed by atoms with Crippen molar-refractivity contribution in [2.45, 2.75) is 45.8 Å². The van der Waals surface area contributed by atoms with Crippen molar-refractivity contribution in [1.29, 1.82) is 0 Å². The van der Waals surface area contributed by atoms with Gasteiger partial charge in [-0.1, -0.05) is 24.3 Å². The molecule has 1 aromatic rings. The molecule has 0 radical (unpaired) electrons. The standard InChI is InChI=1S/C14H23NO/c1-11-7-5-6-8-13(11)12(2)15-10-9-14(3,4)16/h5-8,12,15-16H,9-10H2,1-4H3. The van der Waals surface area contributed by atoms with Crippen LogP contribution in [0.25, 0.3) is 0 Å². The van der Waals surface area contributed by atoms with Crippen molar-refractivity contribution in [3.63, 3.8) is 0 Å². The lowest BCUT2D eigenvalue weighted by atomic mass is 10.0. The lowest BCUT2D eigenvalue weighted by Crippen LogP contribution is -2.28. The van der Waals surface area contributed by atoms with Crippen LogP contribution < -0.4 is 5.32 Å². The molecule has 0 aliphatic rings. The van der Waals surface area contributed by atoms with Crippen molar-refractivity contribution in [3.05, 3.63) is 35.4 Å². The van der Waals surface area contributed by atoms with E-state index < -0.39 is 5.60 Å². The van der Waals surface area contributed by atoms with Gasteiger partial charge in [0.2, 0.25) is 0 Å². The van der Waals surface area contributed by atoms with E-state index in [-0.39, 0.29) is 0 Å². The predicted molar refractivity (Wildman–Crippen MR) is 68.5 cm³/mol. The van der Waals surface area contributed by atoms with Gasteiger partial charge in [0, 0.05) is 6.04 Å². The number of rotatable bonds is 5. The van der Waals surface area contributed by atoms with E-state index >= 15 is 0 Å². The van der Waals surface area contributed by atoms with Crippen molar-refractivity contribution < 1.29 is 5.11 Å². The van der Waals surface area contributed by atoms with E-state index in [2.05, 4.69) is 43.4 Å². The van der Waals surface area contributed by atoms with Crippen LogP contribution in [0, 0.1) is 6.92 Å². The molecule has 0 amide bonds. The van der Waals surface area contributed by atoms with Gasteiger partial charge in [0.1, 0.15) is 0 Å². The Morgan fingerprint density at radius 3 is 2.50 bits per heavy atom. The topological polar surface area (TPSA) is 32.3 Å².